The lowest BCUT2D eigenvalue weighted by atomic mass is 10.0. The van der Waals surface area contributed by atoms with Crippen LogP contribution in [0.1, 0.15) is 17.2 Å². The highest BCUT2D eigenvalue weighted by Gasteiger charge is 2.24. The van der Waals surface area contributed by atoms with E-state index in [1.807, 2.05) is 53.2 Å². The summed E-state index contributed by atoms with van der Waals surface area (Å²) in [4.78, 5) is 4.30. The smallest absolute Gasteiger partial charge is 0.226 e. The summed E-state index contributed by atoms with van der Waals surface area (Å²) in [5.74, 6) is 1.51. The fourth-order valence-corrected chi connectivity index (χ4v) is 3.06. The summed E-state index contributed by atoms with van der Waals surface area (Å²) in [6.45, 7) is 0. The predicted molar refractivity (Wildman–Crippen MR) is 94.2 cm³/mol. The highest BCUT2D eigenvalue weighted by molar-refractivity contribution is 6.31. The Morgan fingerprint density at radius 1 is 1.12 bits per heavy atom. The van der Waals surface area contributed by atoms with E-state index in [9.17, 15) is 0 Å². The number of methoxy groups -OCH3 is 1. The summed E-state index contributed by atoms with van der Waals surface area (Å²) in [5.41, 5.74) is 2.99. The third-order valence-corrected chi connectivity index (χ3v) is 4.38. The highest BCUT2D eigenvalue weighted by atomic mass is 35.5. The molecular formula is C18H15ClN4O. The van der Waals surface area contributed by atoms with Crippen molar-refractivity contribution in [2.75, 3.05) is 12.4 Å². The Morgan fingerprint density at radius 2 is 1.92 bits per heavy atom. The second kappa shape index (κ2) is 6.02. The van der Waals surface area contributed by atoms with Crippen LogP contribution in [0.4, 0.5) is 5.95 Å². The zero-order valence-electron chi connectivity index (χ0n) is 13.0. The molecule has 1 atom stereocenters. The molecule has 0 amide bonds. The van der Waals surface area contributed by atoms with Crippen LogP contribution in [-0.2, 0) is 0 Å². The first kappa shape index (κ1) is 14.8. The minimum Gasteiger partial charge on any atom is -0.497 e. The number of anilines is 1. The van der Waals surface area contributed by atoms with Crippen LogP contribution in [0, 0.1) is 0 Å². The Hall–Kier alpha value is -2.79. The van der Waals surface area contributed by atoms with Crippen molar-refractivity contribution < 1.29 is 4.74 Å². The predicted octanol–water partition coefficient (Wildman–Crippen LogP) is 4.00. The van der Waals surface area contributed by atoms with E-state index in [1.165, 1.54) is 6.33 Å². The van der Waals surface area contributed by atoms with Crippen molar-refractivity contribution >= 4 is 23.2 Å². The van der Waals surface area contributed by atoms with Gasteiger partial charge in [-0.2, -0.15) is 10.1 Å². The monoisotopic (exact) mass is 338 g/mol. The minimum absolute atomic E-state index is 0.116. The number of nitrogens with one attached hydrogen (secondary N) is 1. The van der Waals surface area contributed by atoms with Crippen LogP contribution in [0.2, 0.25) is 5.02 Å². The molecule has 2 heterocycles. The summed E-state index contributed by atoms with van der Waals surface area (Å²) in [7, 11) is 1.66. The van der Waals surface area contributed by atoms with Gasteiger partial charge in [0.05, 0.1) is 7.11 Å². The van der Waals surface area contributed by atoms with Crippen LogP contribution in [-0.4, -0.2) is 21.9 Å². The first-order valence-electron chi connectivity index (χ1n) is 7.53. The van der Waals surface area contributed by atoms with Crippen LogP contribution in [0.25, 0.3) is 5.70 Å². The number of aromatic nitrogens is 3. The third kappa shape index (κ3) is 2.53. The molecule has 0 saturated heterocycles. The summed E-state index contributed by atoms with van der Waals surface area (Å²) in [6, 6.07) is 15.5. The molecule has 120 valence electrons. The van der Waals surface area contributed by atoms with Crippen LogP contribution in [0.3, 0.4) is 0 Å². The maximum atomic E-state index is 6.40. The molecule has 0 saturated carbocycles. The number of allylic oxidation sites excluding steroid dienone is 1. The van der Waals surface area contributed by atoms with Gasteiger partial charge in [-0.05, 0) is 47.5 Å². The van der Waals surface area contributed by atoms with Gasteiger partial charge in [-0.25, -0.2) is 4.68 Å². The number of hydrogen-bond donors (Lipinski definition) is 1. The quantitative estimate of drug-likeness (QED) is 0.784. The molecule has 1 aromatic heterocycles. The second-order valence-electron chi connectivity index (χ2n) is 5.43. The van der Waals surface area contributed by atoms with Crippen LogP contribution in [0.5, 0.6) is 5.75 Å². The fourth-order valence-electron chi connectivity index (χ4n) is 2.81. The minimum atomic E-state index is -0.116. The van der Waals surface area contributed by atoms with E-state index in [0.29, 0.717) is 11.0 Å². The SMILES string of the molecule is COc1ccc(C2=C[C@@H](c3ccccc3Cl)n3ncnc3N2)cc1. The standard InChI is InChI=1S/C18H15ClN4O/c1-24-13-8-6-12(7-9-13)16-10-17(14-4-2-3-5-15(14)19)23-18(22-16)20-11-21-23/h2-11,17H,1H3,(H,20,21,22)/t17-/m0/s1. The first-order valence-corrected chi connectivity index (χ1v) is 7.91. The molecule has 0 spiro atoms. The molecule has 6 heteroatoms. The lowest BCUT2D eigenvalue weighted by Gasteiger charge is -2.25. The number of benzene rings is 2. The Labute approximate surface area is 144 Å². The van der Waals surface area contributed by atoms with E-state index < -0.39 is 0 Å². The molecule has 0 radical (unpaired) electrons. The fraction of sp³-hybridized carbons (Fsp3) is 0.111. The van der Waals surface area contributed by atoms with E-state index in [2.05, 4.69) is 21.5 Å². The molecule has 1 aliphatic rings. The van der Waals surface area contributed by atoms with Crippen LogP contribution in [0.15, 0.2) is 60.9 Å². The molecule has 0 unspecified atom stereocenters. The van der Waals surface area contributed by atoms with Gasteiger partial charge in [0.1, 0.15) is 18.1 Å². The largest absolute Gasteiger partial charge is 0.497 e. The lowest BCUT2D eigenvalue weighted by molar-refractivity contribution is 0.415. The molecule has 1 aliphatic heterocycles. The number of nitrogens with zero attached hydrogens (tertiary/aromatic N) is 3. The molecule has 0 fully saturated rings. The Kier molecular flexibility index (Phi) is 3.70. The van der Waals surface area contributed by atoms with E-state index in [1.54, 1.807) is 7.11 Å². The molecule has 5 nitrogen and oxygen atoms in total. The molecule has 24 heavy (non-hydrogen) atoms. The van der Waals surface area contributed by atoms with E-state index in [0.717, 1.165) is 22.6 Å². The van der Waals surface area contributed by atoms with E-state index in [-0.39, 0.29) is 6.04 Å². The molecule has 1 N–H and O–H groups in total. The van der Waals surface area contributed by atoms with Crippen molar-refractivity contribution in [1.82, 2.24) is 14.8 Å². The van der Waals surface area contributed by atoms with Gasteiger partial charge in [0.2, 0.25) is 5.95 Å². The first-order chi connectivity index (χ1) is 11.8. The number of halogens is 1. The summed E-state index contributed by atoms with van der Waals surface area (Å²) in [6.07, 6.45) is 3.64. The maximum absolute atomic E-state index is 6.40. The average Bonchev–Trinajstić information content (AvgIpc) is 3.10. The topological polar surface area (TPSA) is 52.0 Å². The van der Waals surface area contributed by atoms with Crippen molar-refractivity contribution in [3.05, 3.63) is 77.1 Å². The van der Waals surface area contributed by atoms with Crippen molar-refractivity contribution in [1.29, 1.82) is 0 Å². The molecule has 0 aliphatic carbocycles. The number of fused-ring (bicyclic) bond motifs is 1. The number of hydrogen-bond acceptors (Lipinski definition) is 4. The molecular weight excluding hydrogens is 324 g/mol. The van der Waals surface area contributed by atoms with Crippen molar-refractivity contribution in [3.8, 4) is 5.75 Å². The van der Waals surface area contributed by atoms with E-state index >= 15 is 0 Å². The van der Waals surface area contributed by atoms with Gasteiger partial charge < -0.3 is 10.1 Å². The maximum Gasteiger partial charge on any atom is 0.226 e. The van der Waals surface area contributed by atoms with Gasteiger partial charge in [-0.15, -0.1) is 0 Å². The van der Waals surface area contributed by atoms with Crippen LogP contribution >= 0.6 is 11.6 Å². The van der Waals surface area contributed by atoms with Crippen molar-refractivity contribution in [2.24, 2.45) is 0 Å². The highest BCUT2D eigenvalue weighted by Crippen LogP contribution is 2.35. The molecule has 0 bridgehead atoms. The van der Waals surface area contributed by atoms with Crippen LogP contribution < -0.4 is 10.1 Å². The Bertz CT molecular complexity index is 901. The normalized spacial score (nSPS) is 16.1. The van der Waals surface area contributed by atoms with Gasteiger partial charge in [0.15, 0.2) is 0 Å². The number of ether oxygens (including phenoxy) is 1. The Morgan fingerprint density at radius 3 is 2.67 bits per heavy atom. The molecule has 3 aromatic rings. The third-order valence-electron chi connectivity index (χ3n) is 4.03. The van der Waals surface area contributed by atoms with Crippen molar-refractivity contribution in [3.63, 3.8) is 0 Å². The van der Waals surface area contributed by atoms with Gasteiger partial charge >= 0.3 is 0 Å². The summed E-state index contributed by atoms with van der Waals surface area (Å²) in [5, 5.41) is 8.35. The summed E-state index contributed by atoms with van der Waals surface area (Å²) < 4.78 is 7.05. The van der Waals surface area contributed by atoms with Crippen molar-refractivity contribution in [2.45, 2.75) is 6.04 Å². The van der Waals surface area contributed by atoms with Gasteiger partial charge in [-0.3, -0.25) is 0 Å². The molecule has 4 rings (SSSR count). The summed E-state index contributed by atoms with van der Waals surface area (Å²) >= 11 is 6.40. The second-order valence-corrected chi connectivity index (χ2v) is 5.84. The van der Waals surface area contributed by atoms with Gasteiger partial charge in [0.25, 0.3) is 0 Å². The van der Waals surface area contributed by atoms with Gasteiger partial charge in [-0.1, -0.05) is 29.8 Å². The Balaban J connectivity index is 1.80. The number of rotatable bonds is 3. The molecule has 2 aromatic carbocycles. The average molecular weight is 339 g/mol. The van der Waals surface area contributed by atoms with E-state index in [4.69, 9.17) is 16.3 Å². The lowest BCUT2D eigenvalue weighted by Crippen LogP contribution is -2.20. The zero-order valence-corrected chi connectivity index (χ0v) is 13.7. The zero-order chi connectivity index (χ0) is 16.5. The van der Waals surface area contributed by atoms with Gasteiger partial charge in [0, 0.05) is 10.7 Å².